The van der Waals surface area contributed by atoms with Crippen LogP contribution in [0.2, 0.25) is 0 Å². The Morgan fingerprint density at radius 2 is 1.77 bits per heavy atom. The second kappa shape index (κ2) is 11.3. The van der Waals surface area contributed by atoms with Crippen molar-refractivity contribution in [2.45, 2.75) is 32.2 Å². The highest BCUT2D eigenvalue weighted by Gasteiger charge is 2.28. The van der Waals surface area contributed by atoms with Crippen molar-refractivity contribution in [2.24, 2.45) is 4.99 Å². The summed E-state index contributed by atoms with van der Waals surface area (Å²) < 4.78 is 77.5. The van der Waals surface area contributed by atoms with Gasteiger partial charge in [0.05, 0.1) is 13.0 Å². The van der Waals surface area contributed by atoms with Crippen LogP contribution in [0.3, 0.4) is 0 Å². The van der Waals surface area contributed by atoms with Crippen molar-refractivity contribution in [1.82, 2.24) is 10.6 Å². The first kappa shape index (κ1) is 24.6. The molecule has 0 aliphatic heterocycles. The number of ether oxygens (including phenoxy) is 1. The minimum atomic E-state index is -4.44. The summed E-state index contributed by atoms with van der Waals surface area (Å²) in [5.74, 6) is 0.230. The van der Waals surface area contributed by atoms with Crippen LogP contribution in [0.15, 0.2) is 29.3 Å². The topological polar surface area (TPSA) is 45.7 Å². The molecule has 0 spiro atoms. The van der Waals surface area contributed by atoms with E-state index in [-0.39, 0.29) is 48.8 Å². The predicted molar refractivity (Wildman–Crippen MR) is 96.9 cm³/mol. The van der Waals surface area contributed by atoms with Gasteiger partial charge >= 0.3 is 12.4 Å². The van der Waals surface area contributed by atoms with Gasteiger partial charge in [0.25, 0.3) is 0 Å². The number of alkyl halides is 6. The van der Waals surface area contributed by atoms with Crippen LogP contribution in [0, 0.1) is 0 Å². The van der Waals surface area contributed by atoms with E-state index in [0.29, 0.717) is 12.1 Å². The van der Waals surface area contributed by atoms with E-state index in [9.17, 15) is 26.3 Å². The Kier molecular flexibility index (Phi) is 10.7. The molecule has 0 unspecified atom stereocenters. The van der Waals surface area contributed by atoms with Gasteiger partial charge in [0.1, 0.15) is 5.75 Å². The van der Waals surface area contributed by atoms with Crippen LogP contribution in [-0.4, -0.2) is 38.0 Å². The van der Waals surface area contributed by atoms with Crippen LogP contribution in [-0.2, 0) is 6.54 Å². The Hall–Kier alpha value is -1.40. The van der Waals surface area contributed by atoms with Crippen LogP contribution >= 0.6 is 24.0 Å². The summed E-state index contributed by atoms with van der Waals surface area (Å²) in [7, 11) is 0. The van der Waals surface area contributed by atoms with Crippen molar-refractivity contribution >= 4 is 29.9 Å². The molecule has 0 radical (unpaired) electrons. The van der Waals surface area contributed by atoms with Gasteiger partial charge < -0.3 is 15.4 Å². The van der Waals surface area contributed by atoms with Gasteiger partial charge in [-0.15, -0.1) is 24.0 Å². The largest absolute Gasteiger partial charge is 0.484 e. The fourth-order valence-corrected chi connectivity index (χ4v) is 1.73. The van der Waals surface area contributed by atoms with E-state index in [1.54, 1.807) is 13.0 Å². The molecule has 0 aliphatic carbocycles. The molecular formula is C15H20F6IN3O. The molecular weight excluding hydrogens is 479 g/mol. The first-order chi connectivity index (χ1) is 11.6. The number of aliphatic imine (C=N–C) groups is 1. The lowest BCUT2D eigenvalue weighted by Crippen LogP contribution is -2.38. The second-order valence-electron chi connectivity index (χ2n) is 5.04. The molecule has 1 aromatic carbocycles. The molecule has 0 fully saturated rings. The zero-order valence-electron chi connectivity index (χ0n) is 13.9. The number of nitrogens with zero attached hydrogens (tertiary/aromatic N) is 1. The Morgan fingerprint density at radius 3 is 2.35 bits per heavy atom. The third-order valence-corrected chi connectivity index (χ3v) is 2.77. The van der Waals surface area contributed by atoms with E-state index in [1.165, 1.54) is 18.2 Å². The van der Waals surface area contributed by atoms with Gasteiger partial charge in [-0.2, -0.15) is 26.3 Å². The van der Waals surface area contributed by atoms with Gasteiger partial charge in [0.15, 0.2) is 12.6 Å². The van der Waals surface area contributed by atoms with Crippen LogP contribution in [0.4, 0.5) is 26.3 Å². The summed E-state index contributed by atoms with van der Waals surface area (Å²) in [6.45, 7) is 0.551. The zero-order valence-corrected chi connectivity index (χ0v) is 16.2. The van der Waals surface area contributed by atoms with Gasteiger partial charge in [0, 0.05) is 13.1 Å². The lowest BCUT2D eigenvalue weighted by molar-refractivity contribution is -0.153. The predicted octanol–water partition coefficient (Wildman–Crippen LogP) is 4.25. The molecule has 0 bridgehead atoms. The van der Waals surface area contributed by atoms with Crippen molar-refractivity contribution in [3.8, 4) is 5.75 Å². The fourth-order valence-electron chi connectivity index (χ4n) is 1.73. The maximum atomic E-state index is 12.1. The molecule has 11 heteroatoms. The van der Waals surface area contributed by atoms with Crippen molar-refractivity contribution in [3.05, 3.63) is 29.8 Å². The van der Waals surface area contributed by atoms with E-state index in [1.807, 2.05) is 0 Å². The number of hydrogen-bond donors (Lipinski definition) is 2. The average molecular weight is 499 g/mol. The Labute approximate surface area is 164 Å². The van der Waals surface area contributed by atoms with E-state index in [0.717, 1.165) is 0 Å². The molecule has 2 N–H and O–H groups in total. The molecule has 26 heavy (non-hydrogen) atoms. The van der Waals surface area contributed by atoms with E-state index >= 15 is 0 Å². The van der Waals surface area contributed by atoms with Gasteiger partial charge in [-0.05, 0) is 24.6 Å². The molecule has 0 saturated heterocycles. The normalized spacial score (nSPS) is 12.3. The Morgan fingerprint density at radius 1 is 1.08 bits per heavy atom. The summed E-state index contributed by atoms with van der Waals surface area (Å²) in [5, 5.41) is 5.34. The highest BCUT2D eigenvalue weighted by molar-refractivity contribution is 14.0. The van der Waals surface area contributed by atoms with Crippen LogP contribution in [0.25, 0.3) is 0 Å². The van der Waals surface area contributed by atoms with Crippen molar-refractivity contribution in [3.63, 3.8) is 0 Å². The van der Waals surface area contributed by atoms with E-state index in [2.05, 4.69) is 20.4 Å². The number of nitrogens with one attached hydrogen (secondary N) is 2. The summed E-state index contributed by atoms with van der Waals surface area (Å²) in [4.78, 5) is 4.10. The highest BCUT2D eigenvalue weighted by atomic mass is 127. The van der Waals surface area contributed by atoms with Crippen LogP contribution in [0.1, 0.15) is 18.9 Å². The van der Waals surface area contributed by atoms with Crippen LogP contribution < -0.4 is 15.4 Å². The monoisotopic (exact) mass is 499 g/mol. The molecule has 4 nitrogen and oxygen atoms in total. The Balaban J connectivity index is 0.00000625. The summed E-state index contributed by atoms with van der Waals surface area (Å²) in [5.41, 5.74) is 0.563. The van der Waals surface area contributed by atoms with Gasteiger partial charge in [0.2, 0.25) is 0 Å². The summed E-state index contributed by atoms with van der Waals surface area (Å²) in [6.07, 6.45) is -9.71. The number of hydrogen-bond acceptors (Lipinski definition) is 2. The van der Waals surface area contributed by atoms with Crippen molar-refractivity contribution < 1.29 is 31.1 Å². The Bertz CT molecular complexity index is 563. The number of guanidine groups is 1. The third-order valence-electron chi connectivity index (χ3n) is 2.77. The van der Waals surface area contributed by atoms with Gasteiger partial charge in [-0.25, -0.2) is 4.99 Å². The number of rotatable bonds is 7. The molecule has 0 heterocycles. The molecule has 1 rings (SSSR count). The summed E-state index contributed by atoms with van der Waals surface area (Å²) in [6, 6.07) is 5.92. The number of halogens is 7. The first-order valence-corrected chi connectivity index (χ1v) is 7.46. The third kappa shape index (κ3) is 12.0. The number of benzene rings is 1. The minimum absolute atomic E-state index is 0. The first-order valence-electron chi connectivity index (χ1n) is 7.46. The van der Waals surface area contributed by atoms with Gasteiger partial charge in [-0.1, -0.05) is 12.1 Å². The molecule has 0 aliphatic rings. The molecule has 0 amide bonds. The van der Waals surface area contributed by atoms with Crippen molar-refractivity contribution in [2.75, 3.05) is 19.7 Å². The van der Waals surface area contributed by atoms with Gasteiger partial charge in [-0.3, -0.25) is 0 Å². The van der Waals surface area contributed by atoms with Crippen molar-refractivity contribution in [1.29, 1.82) is 0 Å². The standard InChI is InChI=1S/C15H19F6N3O.HI/c1-2-22-13(23-7-6-14(16,17)18)24-9-11-4-3-5-12(8-11)25-10-15(19,20)21;/h3-5,8H,2,6-7,9-10H2,1H3,(H2,22,23,24);1H. The zero-order chi connectivity index (χ0) is 18.9. The smallest absolute Gasteiger partial charge is 0.422 e. The maximum absolute atomic E-state index is 12.1. The second-order valence-corrected chi connectivity index (χ2v) is 5.04. The maximum Gasteiger partial charge on any atom is 0.422 e. The fraction of sp³-hybridized carbons (Fsp3) is 0.533. The molecule has 0 saturated carbocycles. The lowest BCUT2D eigenvalue weighted by atomic mass is 10.2. The SMILES string of the molecule is CCNC(=NCc1cccc(OCC(F)(F)F)c1)NCCC(F)(F)F.I. The molecule has 150 valence electrons. The van der Waals surface area contributed by atoms with E-state index < -0.39 is 25.4 Å². The lowest BCUT2D eigenvalue weighted by Gasteiger charge is -2.13. The quantitative estimate of drug-likeness (QED) is 0.255. The van der Waals surface area contributed by atoms with Crippen LogP contribution in [0.5, 0.6) is 5.75 Å². The average Bonchev–Trinajstić information content (AvgIpc) is 2.49. The summed E-state index contributed by atoms with van der Waals surface area (Å²) >= 11 is 0. The molecule has 1 aromatic rings. The highest BCUT2D eigenvalue weighted by Crippen LogP contribution is 2.20. The molecule has 0 aromatic heterocycles. The minimum Gasteiger partial charge on any atom is -0.484 e. The molecule has 0 atom stereocenters. The van der Waals surface area contributed by atoms with E-state index in [4.69, 9.17) is 0 Å².